The van der Waals surface area contributed by atoms with Gasteiger partial charge in [-0.1, -0.05) is 24.3 Å². The molecule has 0 bridgehead atoms. The summed E-state index contributed by atoms with van der Waals surface area (Å²) in [5.41, 5.74) is 4.76. The zero-order valence-corrected chi connectivity index (χ0v) is 13.8. The lowest BCUT2D eigenvalue weighted by molar-refractivity contribution is 0.546. The van der Waals surface area contributed by atoms with E-state index in [0.717, 1.165) is 11.1 Å². The summed E-state index contributed by atoms with van der Waals surface area (Å²) in [4.78, 5) is 0. The Kier molecular flexibility index (Phi) is 5.32. The molecule has 0 fully saturated rings. The minimum atomic E-state index is -0.254. The molecule has 5 heteroatoms. The van der Waals surface area contributed by atoms with Gasteiger partial charge in [0.25, 0.3) is 0 Å². The normalized spacial score (nSPS) is 12.4. The largest absolute Gasteiger partial charge is 0.271 e. The van der Waals surface area contributed by atoms with Crippen molar-refractivity contribution in [3.63, 3.8) is 0 Å². The predicted octanol–water partition coefficient (Wildman–Crippen LogP) is 3.94. The first kappa shape index (κ1) is 14.9. The fourth-order valence-corrected chi connectivity index (χ4v) is 2.68. The van der Waals surface area contributed by atoms with Gasteiger partial charge in [0.1, 0.15) is 5.82 Å². The SMILES string of the molecule is NNC(Cc1cccc(F)c1Br)c1ccc(I)cc1. The molecule has 19 heavy (non-hydrogen) atoms. The minimum absolute atomic E-state index is 0.0462. The molecule has 0 heterocycles. The number of nitrogens with one attached hydrogen (secondary N) is 1. The minimum Gasteiger partial charge on any atom is -0.271 e. The van der Waals surface area contributed by atoms with Crippen LogP contribution in [0.1, 0.15) is 17.2 Å². The fourth-order valence-electron chi connectivity index (χ4n) is 1.89. The van der Waals surface area contributed by atoms with Crippen LogP contribution >= 0.6 is 38.5 Å². The molecular weight excluding hydrogens is 422 g/mol. The van der Waals surface area contributed by atoms with Crippen molar-refractivity contribution in [3.05, 3.63) is 67.5 Å². The van der Waals surface area contributed by atoms with Crippen LogP contribution in [0.2, 0.25) is 0 Å². The van der Waals surface area contributed by atoms with E-state index in [9.17, 15) is 4.39 Å². The van der Waals surface area contributed by atoms with Gasteiger partial charge < -0.3 is 0 Å². The smallest absolute Gasteiger partial charge is 0.137 e. The van der Waals surface area contributed by atoms with Crippen molar-refractivity contribution in [2.75, 3.05) is 0 Å². The third kappa shape index (κ3) is 3.75. The Labute approximate surface area is 133 Å². The van der Waals surface area contributed by atoms with Crippen LogP contribution in [-0.4, -0.2) is 0 Å². The number of halogens is 3. The number of hydrogen-bond donors (Lipinski definition) is 2. The molecule has 1 unspecified atom stereocenters. The van der Waals surface area contributed by atoms with E-state index in [4.69, 9.17) is 5.84 Å². The molecule has 0 aliphatic heterocycles. The zero-order valence-electron chi connectivity index (χ0n) is 10.0. The summed E-state index contributed by atoms with van der Waals surface area (Å²) in [5, 5.41) is 0. The van der Waals surface area contributed by atoms with Crippen molar-refractivity contribution >= 4 is 38.5 Å². The Balaban J connectivity index is 2.24. The maximum Gasteiger partial charge on any atom is 0.137 e. The van der Waals surface area contributed by atoms with Gasteiger partial charge in [-0.05, 0) is 74.3 Å². The lowest BCUT2D eigenvalue weighted by Gasteiger charge is -2.17. The maximum atomic E-state index is 13.5. The van der Waals surface area contributed by atoms with E-state index in [0.29, 0.717) is 10.9 Å². The number of rotatable bonds is 4. The average molecular weight is 435 g/mol. The van der Waals surface area contributed by atoms with E-state index < -0.39 is 0 Å². The number of benzene rings is 2. The molecule has 0 amide bonds. The third-order valence-electron chi connectivity index (χ3n) is 2.93. The zero-order chi connectivity index (χ0) is 13.8. The van der Waals surface area contributed by atoms with E-state index in [1.54, 1.807) is 6.07 Å². The van der Waals surface area contributed by atoms with Gasteiger partial charge in [-0.2, -0.15) is 0 Å². The molecule has 0 aliphatic carbocycles. The second-order valence-electron chi connectivity index (χ2n) is 4.19. The molecule has 2 aromatic carbocycles. The highest BCUT2D eigenvalue weighted by Crippen LogP contribution is 2.26. The van der Waals surface area contributed by atoms with Crippen molar-refractivity contribution in [2.24, 2.45) is 5.84 Å². The highest BCUT2D eigenvalue weighted by atomic mass is 127. The molecule has 3 N–H and O–H groups in total. The lowest BCUT2D eigenvalue weighted by Crippen LogP contribution is -2.29. The van der Waals surface area contributed by atoms with Crippen molar-refractivity contribution < 1.29 is 4.39 Å². The number of nitrogens with two attached hydrogens (primary N) is 1. The maximum absolute atomic E-state index is 13.5. The van der Waals surface area contributed by atoms with Crippen LogP contribution in [0.5, 0.6) is 0 Å². The second-order valence-corrected chi connectivity index (χ2v) is 6.23. The molecule has 1 atom stereocenters. The molecule has 0 aliphatic rings. The Hall–Kier alpha value is -0.500. The van der Waals surface area contributed by atoms with Gasteiger partial charge in [0, 0.05) is 3.57 Å². The van der Waals surface area contributed by atoms with E-state index in [-0.39, 0.29) is 11.9 Å². The molecule has 0 saturated carbocycles. The molecule has 0 aromatic heterocycles. The summed E-state index contributed by atoms with van der Waals surface area (Å²) in [6.07, 6.45) is 0.620. The van der Waals surface area contributed by atoms with Gasteiger partial charge in [0.15, 0.2) is 0 Å². The van der Waals surface area contributed by atoms with E-state index in [1.165, 1.54) is 9.64 Å². The summed E-state index contributed by atoms with van der Waals surface area (Å²) < 4.78 is 15.2. The van der Waals surface area contributed by atoms with E-state index >= 15 is 0 Å². The first-order valence-corrected chi connectivity index (χ1v) is 7.63. The van der Waals surface area contributed by atoms with Gasteiger partial charge in [0.2, 0.25) is 0 Å². The van der Waals surface area contributed by atoms with Crippen LogP contribution in [0.15, 0.2) is 46.9 Å². The van der Waals surface area contributed by atoms with Gasteiger partial charge in [-0.3, -0.25) is 11.3 Å². The Morgan fingerprint density at radius 1 is 1.21 bits per heavy atom. The van der Waals surface area contributed by atoms with Crippen LogP contribution < -0.4 is 11.3 Å². The first-order chi connectivity index (χ1) is 9.11. The van der Waals surface area contributed by atoms with Gasteiger partial charge in [0.05, 0.1) is 10.5 Å². The van der Waals surface area contributed by atoms with Crippen LogP contribution in [-0.2, 0) is 6.42 Å². The Morgan fingerprint density at radius 2 is 1.89 bits per heavy atom. The summed E-state index contributed by atoms with van der Waals surface area (Å²) in [6.45, 7) is 0. The fraction of sp³-hybridized carbons (Fsp3) is 0.143. The Morgan fingerprint density at radius 3 is 2.53 bits per heavy atom. The summed E-state index contributed by atoms with van der Waals surface area (Å²) >= 11 is 5.53. The van der Waals surface area contributed by atoms with E-state index in [1.807, 2.05) is 30.3 Å². The van der Waals surface area contributed by atoms with Crippen LogP contribution in [0.25, 0.3) is 0 Å². The van der Waals surface area contributed by atoms with Crippen molar-refractivity contribution in [2.45, 2.75) is 12.5 Å². The number of hydrazine groups is 1. The summed E-state index contributed by atoms with van der Waals surface area (Å²) in [6, 6.07) is 13.1. The molecule has 2 rings (SSSR count). The molecule has 0 saturated heterocycles. The molecule has 0 spiro atoms. The van der Waals surface area contributed by atoms with Crippen LogP contribution in [0.4, 0.5) is 4.39 Å². The summed E-state index contributed by atoms with van der Waals surface area (Å²) in [5.74, 6) is 5.36. The monoisotopic (exact) mass is 434 g/mol. The highest BCUT2D eigenvalue weighted by molar-refractivity contribution is 14.1. The molecule has 2 nitrogen and oxygen atoms in total. The van der Waals surface area contributed by atoms with Crippen molar-refractivity contribution in [3.8, 4) is 0 Å². The standard InChI is InChI=1S/C14H13BrFIN2/c15-14-10(2-1-3-12(14)16)8-13(19-18)9-4-6-11(17)7-5-9/h1-7,13,19H,8,18H2. The molecule has 100 valence electrons. The van der Waals surface area contributed by atoms with Gasteiger partial charge in [-0.25, -0.2) is 4.39 Å². The van der Waals surface area contributed by atoms with Crippen molar-refractivity contribution in [1.29, 1.82) is 0 Å². The number of hydrogen-bond acceptors (Lipinski definition) is 2. The molecule has 0 radical (unpaired) electrons. The quantitative estimate of drug-likeness (QED) is 0.434. The van der Waals surface area contributed by atoms with Crippen molar-refractivity contribution in [1.82, 2.24) is 5.43 Å². The lowest BCUT2D eigenvalue weighted by atomic mass is 9.99. The van der Waals surface area contributed by atoms with Gasteiger partial charge >= 0.3 is 0 Å². The predicted molar refractivity (Wildman–Crippen MR) is 87.0 cm³/mol. The third-order valence-corrected chi connectivity index (χ3v) is 4.54. The second kappa shape index (κ2) is 6.78. The molecule has 2 aromatic rings. The van der Waals surface area contributed by atoms with Crippen LogP contribution in [0, 0.1) is 9.39 Å². The average Bonchev–Trinajstić information content (AvgIpc) is 2.42. The van der Waals surface area contributed by atoms with Gasteiger partial charge in [-0.15, -0.1) is 0 Å². The first-order valence-electron chi connectivity index (χ1n) is 5.76. The summed E-state index contributed by atoms with van der Waals surface area (Å²) in [7, 11) is 0. The Bertz CT molecular complexity index is 560. The highest BCUT2D eigenvalue weighted by Gasteiger charge is 2.13. The van der Waals surface area contributed by atoms with Crippen LogP contribution in [0.3, 0.4) is 0 Å². The molecular formula is C14H13BrFIN2. The van der Waals surface area contributed by atoms with E-state index in [2.05, 4.69) is 43.9 Å². The topological polar surface area (TPSA) is 38.0 Å².